The molecule has 2 atom stereocenters. The molecule has 1 aromatic rings. The van der Waals surface area contributed by atoms with E-state index in [2.05, 4.69) is 14.9 Å². The number of rotatable bonds is 2. The van der Waals surface area contributed by atoms with Crippen LogP contribution in [-0.2, 0) is 4.74 Å². The van der Waals surface area contributed by atoms with Crippen LogP contribution in [0.3, 0.4) is 0 Å². The minimum absolute atomic E-state index is 0.0513. The summed E-state index contributed by atoms with van der Waals surface area (Å²) >= 11 is 0. The van der Waals surface area contributed by atoms with E-state index < -0.39 is 5.60 Å². The van der Waals surface area contributed by atoms with Gasteiger partial charge in [0.15, 0.2) is 0 Å². The van der Waals surface area contributed by atoms with Crippen LogP contribution in [0.15, 0.2) is 18.6 Å². The third-order valence-electron chi connectivity index (χ3n) is 5.34. The van der Waals surface area contributed by atoms with Crippen molar-refractivity contribution in [3.63, 3.8) is 0 Å². The van der Waals surface area contributed by atoms with Gasteiger partial charge in [0.25, 0.3) is 5.91 Å². The molecule has 1 amide bonds. The van der Waals surface area contributed by atoms with E-state index >= 15 is 0 Å². The Hall–Kier alpha value is -1.57. The number of aliphatic hydroxyl groups is 1. The molecular formula is C17H26N4O3. The molecule has 0 saturated carbocycles. The van der Waals surface area contributed by atoms with E-state index in [9.17, 15) is 9.90 Å². The average molecular weight is 334 g/mol. The van der Waals surface area contributed by atoms with E-state index in [0.717, 1.165) is 19.3 Å². The Labute approximate surface area is 142 Å². The first kappa shape index (κ1) is 17.3. The van der Waals surface area contributed by atoms with Gasteiger partial charge in [-0.05, 0) is 46.3 Å². The van der Waals surface area contributed by atoms with Gasteiger partial charge in [0.2, 0.25) is 0 Å². The lowest BCUT2D eigenvalue weighted by molar-refractivity contribution is -0.205. The number of hydrogen-bond acceptors (Lipinski definition) is 6. The molecule has 2 fully saturated rings. The Kier molecular flexibility index (Phi) is 4.59. The lowest BCUT2D eigenvalue weighted by Gasteiger charge is -2.52. The number of hydrogen-bond donors (Lipinski definition) is 1. The van der Waals surface area contributed by atoms with Gasteiger partial charge in [-0.1, -0.05) is 0 Å². The highest BCUT2D eigenvalue weighted by Gasteiger charge is 2.49. The predicted octanol–water partition coefficient (Wildman–Crippen LogP) is 0.553. The van der Waals surface area contributed by atoms with Gasteiger partial charge in [-0.15, -0.1) is 0 Å². The molecule has 0 unspecified atom stereocenters. The largest absolute Gasteiger partial charge is 0.386 e. The molecule has 0 aromatic carbocycles. The molecule has 1 spiro atoms. The molecule has 0 bridgehead atoms. The van der Waals surface area contributed by atoms with Gasteiger partial charge >= 0.3 is 0 Å². The summed E-state index contributed by atoms with van der Waals surface area (Å²) in [7, 11) is 3.98. The fourth-order valence-electron chi connectivity index (χ4n) is 3.81. The third kappa shape index (κ3) is 3.29. The predicted molar refractivity (Wildman–Crippen MR) is 88.6 cm³/mol. The molecule has 2 aliphatic rings. The Bertz CT molecular complexity index is 583. The molecule has 3 rings (SSSR count). The summed E-state index contributed by atoms with van der Waals surface area (Å²) in [6.45, 7) is 3.45. The number of ether oxygens (including phenoxy) is 1. The molecule has 24 heavy (non-hydrogen) atoms. The van der Waals surface area contributed by atoms with Crippen molar-refractivity contribution < 1.29 is 14.6 Å². The third-order valence-corrected chi connectivity index (χ3v) is 5.34. The summed E-state index contributed by atoms with van der Waals surface area (Å²) in [6, 6.07) is 1.69. The number of carbonyl (C=O) groups excluding carboxylic acids is 1. The Balaban J connectivity index is 1.65. The Morgan fingerprint density at radius 2 is 2.12 bits per heavy atom. The first-order valence-electron chi connectivity index (χ1n) is 8.41. The lowest BCUT2D eigenvalue weighted by Crippen LogP contribution is -2.63. The maximum Gasteiger partial charge on any atom is 0.272 e. The van der Waals surface area contributed by atoms with Crippen LogP contribution in [0.25, 0.3) is 0 Å². The zero-order chi connectivity index (χ0) is 17.4. The van der Waals surface area contributed by atoms with Gasteiger partial charge in [-0.3, -0.25) is 4.79 Å². The number of aromatic nitrogens is 2. The quantitative estimate of drug-likeness (QED) is 0.851. The van der Waals surface area contributed by atoms with Crippen molar-refractivity contribution in [2.24, 2.45) is 0 Å². The second-order valence-electron chi connectivity index (χ2n) is 7.40. The average Bonchev–Trinajstić information content (AvgIpc) is 2.58. The molecule has 0 radical (unpaired) electrons. The van der Waals surface area contributed by atoms with E-state index in [-0.39, 0.29) is 17.6 Å². The molecule has 3 heterocycles. The summed E-state index contributed by atoms with van der Waals surface area (Å²) in [4.78, 5) is 24.3. The molecule has 7 heteroatoms. The van der Waals surface area contributed by atoms with Gasteiger partial charge in [0.1, 0.15) is 17.6 Å². The van der Waals surface area contributed by atoms with Gasteiger partial charge in [-0.2, -0.15) is 0 Å². The summed E-state index contributed by atoms with van der Waals surface area (Å²) in [5.74, 6) is -0.0563. The number of piperidine rings is 1. The highest BCUT2D eigenvalue weighted by Crippen LogP contribution is 2.39. The van der Waals surface area contributed by atoms with E-state index in [1.807, 2.05) is 25.9 Å². The number of amides is 1. The lowest BCUT2D eigenvalue weighted by atomic mass is 9.77. The second-order valence-corrected chi connectivity index (χ2v) is 7.40. The highest BCUT2D eigenvalue weighted by molar-refractivity contribution is 5.92. The molecular weight excluding hydrogens is 308 g/mol. The minimum Gasteiger partial charge on any atom is -0.386 e. The van der Waals surface area contributed by atoms with Crippen LogP contribution in [-0.4, -0.2) is 81.8 Å². The molecule has 132 valence electrons. The zero-order valence-corrected chi connectivity index (χ0v) is 14.6. The summed E-state index contributed by atoms with van der Waals surface area (Å²) in [5.41, 5.74) is -0.665. The van der Waals surface area contributed by atoms with Crippen LogP contribution in [0.2, 0.25) is 0 Å². The Morgan fingerprint density at radius 3 is 2.71 bits per heavy atom. The maximum absolute atomic E-state index is 12.5. The van der Waals surface area contributed by atoms with Crippen molar-refractivity contribution in [3.8, 4) is 0 Å². The van der Waals surface area contributed by atoms with Crippen LogP contribution in [0.1, 0.15) is 36.7 Å². The fourth-order valence-corrected chi connectivity index (χ4v) is 3.81. The molecule has 2 aliphatic heterocycles. The summed E-state index contributed by atoms with van der Waals surface area (Å²) in [5, 5.41) is 10.6. The van der Waals surface area contributed by atoms with E-state index in [1.165, 1.54) is 6.33 Å². The SMILES string of the molecule is CN(C)[C@H]1CC2(CCN(C(=O)c3ccncn3)CC2)OC[C@]1(C)O. The highest BCUT2D eigenvalue weighted by atomic mass is 16.5. The molecule has 2 saturated heterocycles. The van der Waals surface area contributed by atoms with Crippen molar-refractivity contribution in [2.75, 3.05) is 33.8 Å². The molecule has 0 aliphatic carbocycles. The van der Waals surface area contributed by atoms with Crippen molar-refractivity contribution in [1.29, 1.82) is 0 Å². The van der Waals surface area contributed by atoms with Crippen LogP contribution in [0.5, 0.6) is 0 Å². The van der Waals surface area contributed by atoms with Gasteiger partial charge in [0.05, 0.1) is 12.2 Å². The summed E-state index contributed by atoms with van der Waals surface area (Å²) < 4.78 is 6.10. The molecule has 7 nitrogen and oxygen atoms in total. The van der Waals surface area contributed by atoms with Gasteiger partial charge in [0, 0.05) is 25.3 Å². The number of nitrogens with zero attached hydrogens (tertiary/aromatic N) is 4. The van der Waals surface area contributed by atoms with Crippen molar-refractivity contribution in [2.45, 2.75) is 43.4 Å². The van der Waals surface area contributed by atoms with E-state index in [1.54, 1.807) is 12.3 Å². The van der Waals surface area contributed by atoms with Crippen LogP contribution in [0, 0.1) is 0 Å². The molecule has 1 N–H and O–H groups in total. The Morgan fingerprint density at radius 1 is 1.42 bits per heavy atom. The van der Waals surface area contributed by atoms with Crippen LogP contribution >= 0.6 is 0 Å². The fraction of sp³-hybridized carbons (Fsp3) is 0.706. The smallest absolute Gasteiger partial charge is 0.272 e. The van der Waals surface area contributed by atoms with E-state index in [4.69, 9.17) is 4.74 Å². The molecule has 1 aromatic heterocycles. The second kappa shape index (κ2) is 6.38. The zero-order valence-electron chi connectivity index (χ0n) is 14.6. The van der Waals surface area contributed by atoms with Crippen molar-refractivity contribution in [3.05, 3.63) is 24.3 Å². The van der Waals surface area contributed by atoms with Crippen LogP contribution < -0.4 is 0 Å². The van der Waals surface area contributed by atoms with Crippen LogP contribution in [0.4, 0.5) is 0 Å². The standard InChI is InChI=1S/C17H26N4O3/c1-16(23)11-24-17(10-14(16)20(2)3)5-8-21(9-6-17)15(22)13-4-7-18-12-19-13/h4,7,12,14,23H,5-6,8-11H2,1-3H3/t14-,16-/m0/s1. The first-order valence-corrected chi connectivity index (χ1v) is 8.41. The van der Waals surface area contributed by atoms with Crippen molar-refractivity contribution in [1.82, 2.24) is 19.8 Å². The summed E-state index contributed by atoms with van der Waals surface area (Å²) in [6.07, 6.45) is 5.32. The van der Waals surface area contributed by atoms with E-state index in [0.29, 0.717) is 25.4 Å². The number of carbonyl (C=O) groups is 1. The number of likely N-dealkylation sites (N-methyl/N-ethyl adjacent to an activating group) is 1. The monoisotopic (exact) mass is 334 g/mol. The van der Waals surface area contributed by atoms with Crippen molar-refractivity contribution >= 4 is 5.91 Å². The van der Waals surface area contributed by atoms with Gasteiger partial charge < -0.3 is 19.6 Å². The first-order chi connectivity index (χ1) is 11.3. The minimum atomic E-state index is -0.845. The number of likely N-dealkylation sites (tertiary alicyclic amines) is 1. The topological polar surface area (TPSA) is 78.8 Å². The normalized spacial score (nSPS) is 29.9. The van der Waals surface area contributed by atoms with Gasteiger partial charge in [-0.25, -0.2) is 9.97 Å². The maximum atomic E-state index is 12.5.